The molecule has 0 saturated carbocycles. The van der Waals surface area contributed by atoms with Crippen molar-refractivity contribution >= 4 is 33.5 Å². The Hall–Kier alpha value is -2.67. The monoisotopic (exact) mass is 430 g/mol. The number of rotatable bonds is 6. The number of hydrogen-bond acceptors (Lipinski definition) is 4. The number of methoxy groups -OCH3 is 1. The Balaban J connectivity index is 1.93. The summed E-state index contributed by atoms with van der Waals surface area (Å²) >= 11 is 3.46. The average Bonchev–Trinajstić information content (AvgIpc) is 3.11. The van der Waals surface area contributed by atoms with Gasteiger partial charge in [-0.2, -0.15) is 5.10 Å². The minimum absolute atomic E-state index is 0.0886. The van der Waals surface area contributed by atoms with Gasteiger partial charge in [0.15, 0.2) is 0 Å². The molecule has 1 unspecified atom stereocenters. The second kappa shape index (κ2) is 8.35. The maximum Gasteiger partial charge on any atom is 0.303 e. The van der Waals surface area contributed by atoms with Crippen molar-refractivity contribution in [2.24, 2.45) is 5.10 Å². The zero-order valence-corrected chi connectivity index (χ0v) is 16.3. The fraction of sp³-hybridized carbons (Fsp3) is 0.250. The van der Waals surface area contributed by atoms with Gasteiger partial charge in [0.05, 0.1) is 25.3 Å². The summed E-state index contributed by atoms with van der Waals surface area (Å²) in [4.78, 5) is 23.5. The van der Waals surface area contributed by atoms with Crippen LogP contribution < -0.4 is 4.74 Å². The molecule has 1 atom stereocenters. The first-order valence-corrected chi connectivity index (χ1v) is 9.28. The maximum atomic E-state index is 12.6. The molecule has 0 saturated heterocycles. The predicted octanol–water partition coefficient (Wildman–Crippen LogP) is 4.00. The highest BCUT2D eigenvalue weighted by atomic mass is 79.9. The largest absolute Gasteiger partial charge is 0.497 e. The van der Waals surface area contributed by atoms with Gasteiger partial charge >= 0.3 is 5.97 Å². The van der Waals surface area contributed by atoms with Crippen molar-refractivity contribution < 1.29 is 19.4 Å². The highest BCUT2D eigenvalue weighted by Crippen LogP contribution is 2.34. The molecule has 1 amide bonds. The van der Waals surface area contributed by atoms with E-state index < -0.39 is 5.97 Å². The number of amides is 1. The second-order valence-electron chi connectivity index (χ2n) is 6.19. The standard InChI is InChI=1S/C20H19BrN2O4/c1-27-16-7-3-4-13(11-16)17-12-18(14-5-2-6-15(21)10-14)23(22-17)19(24)8-9-20(25)26/h2-7,10-11,18H,8-9,12H2,1H3,(H,25,26). The fourth-order valence-electron chi connectivity index (χ4n) is 3.02. The molecule has 1 aliphatic heterocycles. The summed E-state index contributed by atoms with van der Waals surface area (Å²) in [5.74, 6) is -0.594. The molecular weight excluding hydrogens is 412 g/mol. The third-order valence-corrected chi connectivity index (χ3v) is 4.85. The van der Waals surface area contributed by atoms with E-state index >= 15 is 0 Å². The van der Waals surface area contributed by atoms with E-state index in [-0.39, 0.29) is 24.8 Å². The predicted molar refractivity (Wildman–Crippen MR) is 105 cm³/mol. The molecule has 0 aromatic heterocycles. The smallest absolute Gasteiger partial charge is 0.303 e. The molecule has 1 aliphatic rings. The van der Waals surface area contributed by atoms with E-state index in [0.29, 0.717) is 12.2 Å². The molecule has 2 aromatic rings. The fourth-order valence-corrected chi connectivity index (χ4v) is 3.44. The summed E-state index contributed by atoms with van der Waals surface area (Å²) in [6.45, 7) is 0. The molecule has 7 heteroatoms. The second-order valence-corrected chi connectivity index (χ2v) is 7.10. The van der Waals surface area contributed by atoms with Crippen LogP contribution in [0.3, 0.4) is 0 Å². The summed E-state index contributed by atoms with van der Waals surface area (Å²) in [7, 11) is 1.60. The number of halogens is 1. The molecule has 0 aliphatic carbocycles. The number of nitrogens with zero attached hydrogens (tertiary/aromatic N) is 2. The van der Waals surface area contributed by atoms with Gasteiger partial charge in [-0.3, -0.25) is 9.59 Å². The van der Waals surface area contributed by atoms with Crippen molar-refractivity contribution in [1.29, 1.82) is 0 Å². The summed E-state index contributed by atoms with van der Waals surface area (Å²) in [6, 6.07) is 15.0. The van der Waals surface area contributed by atoms with Gasteiger partial charge in [-0.15, -0.1) is 0 Å². The minimum atomic E-state index is -1.00. The number of aliphatic carboxylic acids is 1. The zero-order chi connectivity index (χ0) is 19.4. The van der Waals surface area contributed by atoms with Crippen LogP contribution in [0, 0.1) is 0 Å². The van der Waals surface area contributed by atoms with Crippen molar-refractivity contribution in [2.75, 3.05) is 7.11 Å². The number of hydrogen-bond donors (Lipinski definition) is 1. The highest BCUT2D eigenvalue weighted by molar-refractivity contribution is 9.10. The highest BCUT2D eigenvalue weighted by Gasteiger charge is 2.33. The molecule has 0 fully saturated rings. The minimum Gasteiger partial charge on any atom is -0.497 e. The Morgan fingerprint density at radius 1 is 1.22 bits per heavy atom. The molecule has 1 N–H and O–H groups in total. The van der Waals surface area contributed by atoms with Gasteiger partial charge in [0, 0.05) is 22.9 Å². The van der Waals surface area contributed by atoms with Gasteiger partial charge in [0.2, 0.25) is 5.91 Å². The number of benzene rings is 2. The number of carboxylic acid groups (broad SMARTS) is 1. The van der Waals surface area contributed by atoms with Crippen LogP contribution in [0.15, 0.2) is 58.1 Å². The van der Waals surface area contributed by atoms with Crippen LogP contribution in [-0.4, -0.2) is 34.8 Å². The topological polar surface area (TPSA) is 79.2 Å². The van der Waals surface area contributed by atoms with Crippen molar-refractivity contribution in [1.82, 2.24) is 5.01 Å². The van der Waals surface area contributed by atoms with Crippen molar-refractivity contribution in [3.8, 4) is 5.75 Å². The van der Waals surface area contributed by atoms with Crippen LogP contribution in [0.2, 0.25) is 0 Å². The number of carbonyl (C=O) groups is 2. The molecule has 6 nitrogen and oxygen atoms in total. The Kier molecular flexibility index (Phi) is 5.91. The summed E-state index contributed by atoms with van der Waals surface area (Å²) < 4.78 is 6.18. The third-order valence-electron chi connectivity index (χ3n) is 4.36. The molecule has 140 valence electrons. The van der Waals surface area contributed by atoms with Gasteiger partial charge in [0.1, 0.15) is 5.75 Å². The average molecular weight is 431 g/mol. The van der Waals surface area contributed by atoms with E-state index in [2.05, 4.69) is 21.0 Å². The van der Waals surface area contributed by atoms with Crippen LogP contribution in [0.25, 0.3) is 0 Å². The lowest BCUT2D eigenvalue weighted by molar-refractivity contribution is -0.141. The van der Waals surface area contributed by atoms with Gasteiger partial charge in [-0.1, -0.05) is 40.2 Å². The van der Waals surface area contributed by atoms with E-state index in [1.165, 1.54) is 5.01 Å². The molecular formula is C20H19BrN2O4. The molecule has 2 aromatic carbocycles. The van der Waals surface area contributed by atoms with Crippen LogP contribution in [0.5, 0.6) is 5.75 Å². The van der Waals surface area contributed by atoms with E-state index in [1.807, 2.05) is 48.5 Å². The van der Waals surface area contributed by atoms with E-state index in [9.17, 15) is 9.59 Å². The lowest BCUT2D eigenvalue weighted by atomic mass is 9.98. The molecule has 1 heterocycles. The lowest BCUT2D eigenvalue weighted by Crippen LogP contribution is -2.27. The first-order chi connectivity index (χ1) is 13.0. The molecule has 0 bridgehead atoms. The number of ether oxygens (including phenoxy) is 1. The normalized spacial score (nSPS) is 16.1. The summed E-state index contributed by atoms with van der Waals surface area (Å²) in [5.41, 5.74) is 2.58. The lowest BCUT2D eigenvalue weighted by Gasteiger charge is -2.22. The van der Waals surface area contributed by atoms with Crippen LogP contribution in [-0.2, 0) is 9.59 Å². The van der Waals surface area contributed by atoms with Gasteiger partial charge in [0.25, 0.3) is 0 Å². The quantitative estimate of drug-likeness (QED) is 0.750. The summed E-state index contributed by atoms with van der Waals surface area (Å²) in [5, 5.41) is 14.8. The molecule has 27 heavy (non-hydrogen) atoms. The van der Waals surface area contributed by atoms with Gasteiger partial charge in [-0.05, 0) is 29.8 Å². The van der Waals surface area contributed by atoms with Gasteiger partial charge < -0.3 is 9.84 Å². The first-order valence-electron chi connectivity index (χ1n) is 8.49. The first kappa shape index (κ1) is 19.1. The van der Waals surface area contributed by atoms with Crippen molar-refractivity contribution in [3.05, 3.63) is 64.1 Å². The van der Waals surface area contributed by atoms with E-state index in [0.717, 1.165) is 21.3 Å². The summed E-state index contributed by atoms with van der Waals surface area (Å²) in [6.07, 6.45) is 0.238. The van der Waals surface area contributed by atoms with E-state index in [1.54, 1.807) is 7.11 Å². The Morgan fingerprint density at radius 3 is 2.70 bits per heavy atom. The molecule has 0 radical (unpaired) electrons. The van der Waals surface area contributed by atoms with Gasteiger partial charge in [-0.25, -0.2) is 5.01 Å². The third kappa shape index (κ3) is 4.54. The number of hydrazone groups is 1. The van der Waals surface area contributed by atoms with Crippen LogP contribution in [0.4, 0.5) is 0 Å². The Bertz CT molecular complexity index is 897. The van der Waals surface area contributed by atoms with Crippen LogP contribution in [0.1, 0.15) is 36.4 Å². The van der Waals surface area contributed by atoms with Crippen molar-refractivity contribution in [3.63, 3.8) is 0 Å². The molecule has 3 rings (SSSR count). The Labute approximate surface area is 165 Å². The van der Waals surface area contributed by atoms with Crippen molar-refractivity contribution in [2.45, 2.75) is 25.3 Å². The zero-order valence-electron chi connectivity index (χ0n) is 14.8. The number of carbonyl (C=O) groups excluding carboxylic acids is 1. The molecule has 0 spiro atoms. The van der Waals surface area contributed by atoms with Crippen LogP contribution >= 0.6 is 15.9 Å². The number of carboxylic acids is 1. The van der Waals surface area contributed by atoms with E-state index in [4.69, 9.17) is 9.84 Å². The Morgan fingerprint density at radius 2 is 2.00 bits per heavy atom. The maximum absolute atomic E-state index is 12.6. The SMILES string of the molecule is COc1cccc(C2=NN(C(=O)CCC(=O)O)C(c3cccc(Br)c3)C2)c1.